The molecular formula is C15H24N2S. The molecule has 100 valence electrons. The van der Waals surface area contributed by atoms with Gasteiger partial charge in [0, 0.05) is 4.88 Å². The van der Waals surface area contributed by atoms with E-state index in [0.29, 0.717) is 0 Å². The summed E-state index contributed by atoms with van der Waals surface area (Å²) in [6.45, 7) is 4.69. The average molecular weight is 264 g/mol. The first-order valence-corrected chi connectivity index (χ1v) is 8.16. The van der Waals surface area contributed by atoms with Crippen molar-refractivity contribution < 1.29 is 0 Å². The largest absolute Gasteiger partial charge is 0.319 e. The number of aryl methyl sites for hydroxylation is 1. The van der Waals surface area contributed by atoms with Gasteiger partial charge in [0.05, 0.1) is 11.2 Å². The molecule has 1 fully saturated rings. The van der Waals surface area contributed by atoms with E-state index in [9.17, 15) is 0 Å². The summed E-state index contributed by atoms with van der Waals surface area (Å²) in [5, 5.41) is 1.23. The first kappa shape index (κ1) is 12.6. The van der Waals surface area contributed by atoms with E-state index >= 15 is 0 Å². The van der Waals surface area contributed by atoms with Crippen molar-refractivity contribution in [2.24, 2.45) is 17.6 Å². The molecule has 0 amide bonds. The van der Waals surface area contributed by atoms with E-state index in [2.05, 4.69) is 13.8 Å². The minimum absolute atomic E-state index is 0.113. The minimum atomic E-state index is -0.113. The number of hydrogen-bond acceptors (Lipinski definition) is 3. The molecule has 1 atom stereocenters. The standard InChI is InChI=1S/C15H24N2S/c1-10-5-7-15(16,8-6-10)14-17-12-4-3-11(2)9-13(12)18-14/h10-11H,3-9,16H2,1-2H3. The van der Waals surface area contributed by atoms with Gasteiger partial charge in [0.15, 0.2) is 0 Å². The lowest BCUT2D eigenvalue weighted by atomic mass is 9.78. The molecular weight excluding hydrogens is 240 g/mol. The number of aromatic nitrogens is 1. The van der Waals surface area contributed by atoms with Crippen LogP contribution in [0, 0.1) is 11.8 Å². The zero-order chi connectivity index (χ0) is 12.8. The summed E-state index contributed by atoms with van der Waals surface area (Å²) >= 11 is 1.91. The Kier molecular flexibility index (Phi) is 3.23. The Bertz CT molecular complexity index is 430. The molecule has 2 nitrogen and oxygen atoms in total. The molecule has 0 saturated heterocycles. The highest BCUT2D eigenvalue weighted by molar-refractivity contribution is 7.11. The van der Waals surface area contributed by atoms with E-state index < -0.39 is 0 Å². The van der Waals surface area contributed by atoms with Crippen molar-refractivity contribution in [1.82, 2.24) is 4.98 Å². The second kappa shape index (κ2) is 4.61. The molecule has 3 rings (SSSR count). The second-order valence-electron chi connectivity index (χ2n) is 6.58. The number of rotatable bonds is 1. The van der Waals surface area contributed by atoms with Gasteiger partial charge in [0.2, 0.25) is 0 Å². The molecule has 1 unspecified atom stereocenters. The molecule has 18 heavy (non-hydrogen) atoms. The summed E-state index contributed by atoms with van der Waals surface area (Å²) in [7, 11) is 0. The van der Waals surface area contributed by atoms with E-state index in [0.717, 1.165) is 24.7 Å². The van der Waals surface area contributed by atoms with Crippen LogP contribution in [0.3, 0.4) is 0 Å². The molecule has 0 aromatic carbocycles. The van der Waals surface area contributed by atoms with Gasteiger partial charge in [-0.15, -0.1) is 11.3 Å². The predicted molar refractivity (Wildman–Crippen MR) is 76.8 cm³/mol. The zero-order valence-corrected chi connectivity index (χ0v) is 12.4. The second-order valence-corrected chi connectivity index (χ2v) is 7.66. The Morgan fingerprint density at radius 3 is 2.61 bits per heavy atom. The summed E-state index contributed by atoms with van der Waals surface area (Å²) in [4.78, 5) is 6.42. The van der Waals surface area contributed by atoms with Gasteiger partial charge < -0.3 is 5.73 Å². The van der Waals surface area contributed by atoms with Crippen molar-refractivity contribution in [2.75, 3.05) is 0 Å². The Hall–Kier alpha value is -0.410. The van der Waals surface area contributed by atoms with Crippen LogP contribution >= 0.6 is 11.3 Å². The van der Waals surface area contributed by atoms with Crippen LogP contribution < -0.4 is 5.73 Å². The number of nitrogens with zero attached hydrogens (tertiary/aromatic N) is 1. The maximum absolute atomic E-state index is 6.64. The molecule has 2 aliphatic rings. The van der Waals surface area contributed by atoms with Gasteiger partial charge in [-0.05, 0) is 56.8 Å². The van der Waals surface area contributed by atoms with Crippen LogP contribution in [0.4, 0.5) is 0 Å². The summed E-state index contributed by atoms with van der Waals surface area (Å²) in [6, 6.07) is 0. The van der Waals surface area contributed by atoms with E-state index in [4.69, 9.17) is 10.7 Å². The lowest BCUT2D eigenvalue weighted by Gasteiger charge is -2.34. The monoisotopic (exact) mass is 264 g/mol. The smallest absolute Gasteiger partial charge is 0.113 e. The molecule has 0 spiro atoms. The molecule has 1 heterocycles. The summed E-state index contributed by atoms with van der Waals surface area (Å²) < 4.78 is 0. The normalized spacial score (nSPS) is 36.4. The van der Waals surface area contributed by atoms with Gasteiger partial charge in [-0.2, -0.15) is 0 Å². The van der Waals surface area contributed by atoms with Crippen LogP contribution in [0.15, 0.2) is 0 Å². The topological polar surface area (TPSA) is 38.9 Å². The SMILES string of the molecule is CC1CCC(N)(c2nc3c(s2)CC(C)CC3)CC1. The maximum Gasteiger partial charge on any atom is 0.113 e. The van der Waals surface area contributed by atoms with Gasteiger partial charge in [0.25, 0.3) is 0 Å². The van der Waals surface area contributed by atoms with Crippen molar-refractivity contribution in [3.05, 3.63) is 15.6 Å². The van der Waals surface area contributed by atoms with Crippen LogP contribution in [0.2, 0.25) is 0 Å². The van der Waals surface area contributed by atoms with Gasteiger partial charge in [-0.3, -0.25) is 0 Å². The van der Waals surface area contributed by atoms with Crippen LogP contribution in [0.5, 0.6) is 0 Å². The van der Waals surface area contributed by atoms with Crippen molar-refractivity contribution in [3.8, 4) is 0 Å². The Balaban J connectivity index is 1.84. The lowest BCUT2D eigenvalue weighted by molar-refractivity contribution is 0.247. The third-order valence-corrected chi connectivity index (χ3v) is 6.12. The van der Waals surface area contributed by atoms with Crippen molar-refractivity contribution in [1.29, 1.82) is 0 Å². The Labute approximate surface area is 114 Å². The molecule has 0 aliphatic heterocycles. The van der Waals surface area contributed by atoms with Crippen LogP contribution in [0.25, 0.3) is 0 Å². The van der Waals surface area contributed by atoms with E-state index in [-0.39, 0.29) is 5.54 Å². The molecule has 2 aliphatic carbocycles. The lowest BCUT2D eigenvalue weighted by Crippen LogP contribution is -2.40. The molecule has 3 heteroatoms. The zero-order valence-electron chi connectivity index (χ0n) is 11.5. The third-order valence-electron chi connectivity index (χ3n) is 4.78. The first-order chi connectivity index (χ1) is 8.57. The summed E-state index contributed by atoms with van der Waals surface area (Å²) in [5.41, 5.74) is 7.88. The Morgan fingerprint density at radius 2 is 1.89 bits per heavy atom. The molecule has 1 saturated carbocycles. The van der Waals surface area contributed by atoms with Crippen LogP contribution in [-0.4, -0.2) is 4.98 Å². The first-order valence-electron chi connectivity index (χ1n) is 7.35. The van der Waals surface area contributed by atoms with Crippen LogP contribution in [0.1, 0.15) is 61.5 Å². The molecule has 0 radical (unpaired) electrons. The van der Waals surface area contributed by atoms with Gasteiger partial charge in [-0.1, -0.05) is 13.8 Å². The highest BCUT2D eigenvalue weighted by Gasteiger charge is 2.36. The number of fused-ring (bicyclic) bond motifs is 1. The highest BCUT2D eigenvalue weighted by atomic mass is 32.1. The van der Waals surface area contributed by atoms with Crippen LogP contribution in [-0.2, 0) is 18.4 Å². The van der Waals surface area contributed by atoms with E-state index in [1.807, 2.05) is 11.3 Å². The quantitative estimate of drug-likeness (QED) is 0.841. The molecule has 1 aromatic rings. The fourth-order valence-electron chi connectivity index (χ4n) is 3.24. The highest BCUT2D eigenvalue weighted by Crippen LogP contribution is 2.41. The maximum atomic E-state index is 6.64. The molecule has 0 bridgehead atoms. The summed E-state index contributed by atoms with van der Waals surface area (Å²) in [6.07, 6.45) is 8.45. The van der Waals surface area contributed by atoms with Crippen molar-refractivity contribution in [2.45, 2.75) is 64.3 Å². The van der Waals surface area contributed by atoms with Gasteiger partial charge in [-0.25, -0.2) is 4.98 Å². The minimum Gasteiger partial charge on any atom is -0.319 e. The van der Waals surface area contributed by atoms with Crippen molar-refractivity contribution in [3.63, 3.8) is 0 Å². The van der Waals surface area contributed by atoms with Gasteiger partial charge in [0.1, 0.15) is 5.01 Å². The molecule has 2 N–H and O–H groups in total. The number of hydrogen-bond donors (Lipinski definition) is 1. The van der Waals surface area contributed by atoms with E-state index in [1.165, 1.54) is 47.7 Å². The third kappa shape index (κ3) is 2.23. The number of nitrogens with two attached hydrogens (primary N) is 1. The fraction of sp³-hybridized carbons (Fsp3) is 0.800. The molecule has 1 aromatic heterocycles. The predicted octanol–water partition coefficient (Wildman–Crippen LogP) is 3.63. The van der Waals surface area contributed by atoms with Gasteiger partial charge >= 0.3 is 0 Å². The average Bonchev–Trinajstić information content (AvgIpc) is 2.77. The fourth-order valence-corrected chi connectivity index (χ4v) is 4.67. The summed E-state index contributed by atoms with van der Waals surface area (Å²) in [5.74, 6) is 1.67. The number of thiazole rings is 1. The van der Waals surface area contributed by atoms with Crippen molar-refractivity contribution >= 4 is 11.3 Å². The Morgan fingerprint density at radius 1 is 1.17 bits per heavy atom. The van der Waals surface area contributed by atoms with E-state index in [1.54, 1.807) is 0 Å².